The second-order valence-corrected chi connectivity index (χ2v) is 7.79. The molecule has 3 aliphatic rings. The number of rotatable bonds is 4. The first kappa shape index (κ1) is 18.3. The molecule has 2 aliphatic heterocycles. The number of carbonyl (C=O) groups excluding carboxylic acids is 1. The van der Waals surface area contributed by atoms with Crippen LogP contribution in [0.15, 0.2) is 42.2 Å². The molecule has 2 aromatic rings. The third kappa shape index (κ3) is 3.29. The first-order valence-electron chi connectivity index (χ1n) is 10.4. The van der Waals surface area contributed by atoms with Crippen LogP contribution in [0.5, 0.6) is 17.2 Å². The molecule has 0 aromatic heterocycles. The fourth-order valence-corrected chi connectivity index (χ4v) is 4.51. The number of benzene rings is 2. The summed E-state index contributed by atoms with van der Waals surface area (Å²) in [5.41, 5.74) is 2.43. The van der Waals surface area contributed by atoms with Crippen LogP contribution in [0.25, 0.3) is 6.08 Å². The van der Waals surface area contributed by atoms with Gasteiger partial charge in [-0.15, -0.1) is 0 Å². The maximum atomic E-state index is 13.0. The Morgan fingerprint density at radius 1 is 1.17 bits per heavy atom. The van der Waals surface area contributed by atoms with E-state index in [0.717, 1.165) is 29.2 Å². The average molecular weight is 391 g/mol. The Kier molecular flexibility index (Phi) is 4.76. The molecule has 0 N–H and O–H groups in total. The molecule has 1 fully saturated rings. The van der Waals surface area contributed by atoms with E-state index in [0.29, 0.717) is 36.5 Å². The highest BCUT2D eigenvalue weighted by Crippen LogP contribution is 2.43. The highest BCUT2D eigenvalue weighted by Gasteiger charge is 2.35. The number of hydrogen-bond acceptors (Lipinski definition) is 5. The molecule has 2 heterocycles. The molecular formula is C24H25NO4. The van der Waals surface area contributed by atoms with Crippen molar-refractivity contribution in [1.29, 1.82) is 0 Å². The van der Waals surface area contributed by atoms with Crippen molar-refractivity contribution in [3.05, 3.63) is 58.8 Å². The number of para-hydroxylation sites is 1. The predicted molar refractivity (Wildman–Crippen MR) is 110 cm³/mol. The first-order chi connectivity index (χ1) is 14.2. The summed E-state index contributed by atoms with van der Waals surface area (Å²) in [4.78, 5) is 15.4. The second kappa shape index (κ2) is 7.56. The molecule has 0 spiro atoms. The number of Topliss-reactive ketones (excluding diaryl/α,β-unsaturated/α-hetero) is 1. The molecule has 0 atom stereocenters. The zero-order chi connectivity index (χ0) is 19.8. The smallest absolute Gasteiger partial charge is 0.231 e. The molecule has 0 saturated heterocycles. The Balaban J connectivity index is 1.47. The van der Waals surface area contributed by atoms with Gasteiger partial charge < -0.3 is 14.2 Å². The number of ketones is 1. The maximum Gasteiger partial charge on any atom is 0.231 e. The molecule has 0 radical (unpaired) electrons. The Labute approximate surface area is 170 Å². The Bertz CT molecular complexity index is 975. The summed E-state index contributed by atoms with van der Waals surface area (Å²) in [6, 6.07) is 12.0. The van der Waals surface area contributed by atoms with Gasteiger partial charge in [-0.1, -0.05) is 31.0 Å². The Morgan fingerprint density at radius 3 is 2.83 bits per heavy atom. The molecule has 0 unspecified atom stereocenters. The van der Waals surface area contributed by atoms with Crippen molar-refractivity contribution in [1.82, 2.24) is 4.90 Å². The quantitative estimate of drug-likeness (QED) is 0.701. The molecule has 2 aromatic carbocycles. The van der Waals surface area contributed by atoms with E-state index in [1.54, 1.807) is 6.08 Å². The van der Waals surface area contributed by atoms with Crippen LogP contribution in [0.2, 0.25) is 0 Å². The highest BCUT2D eigenvalue weighted by atomic mass is 16.5. The van der Waals surface area contributed by atoms with Gasteiger partial charge in [0.2, 0.25) is 5.78 Å². The van der Waals surface area contributed by atoms with E-state index < -0.39 is 0 Å². The van der Waals surface area contributed by atoms with E-state index in [2.05, 4.69) is 4.90 Å². The van der Waals surface area contributed by atoms with E-state index in [1.807, 2.05) is 43.3 Å². The molecule has 1 aliphatic carbocycles. The van der Waals surface area contributed by atoms with Crippen molar-refractivity contribution in [3.8, 4) is 17.2 Å². The van der Waals surface area contributed by atoms with Crippen LogP contribution >= 0.6 is 0 Å². The number of nitrogens with zero attached hydrogens (tertiary/aromatic N) is 1. The van der Waals surface area contributed by atoms with Gasteiger partial charge in [0, 0.05) is 18.2 Å². The lowest BCUT2D eigenvalue weighted by molar-refractivity contribution is 0.0567. The first-order valence-corrected chi connectivity index (χ1v) is 10.4. The molecular weight excluding hydrogens is 366 g/mol. The van der Waals surface area contributed by atoms with Crippen LogP contribution < -0.4 is 14.2 Å². The third-order valence-corrected chi connectivity index (χ3v) is 5.99. The van der Waals surface area contributed by atoms with Gasteiger partial charge >= 0.3 is 0 Å². The van der Waals surface area contributed by atoms with Gasteiger partial charge in [-0.05, 0) is 44.0 Å². The van der Waals surface area contributed by atoms with Gasteiger partial charge in [-0.25, -0.2) is 0 Å². The Morgan fingerprint density at radius 2 is 2.00 bits per heavy atom. The highest BCUT2D eigenvalue weighted by molar-refractivity contribution is 6.15. The van der Waals surface area contributed by atoms with Crippen LogP contribution in [0.1, 0.15) is 54.1 Å². The minimum absolute atomic E-state index is 0.0907. The SMILES string of the molecule is CCOc1ccccc1/C=C1\Oc2c(ccc3c2CN(C2CCCC2)CO3)C1=O. The Hall–Kier alpha value is -2.79. The van der Waals surface area contributed by atoms with Crippen molar-refractivity contribution in [2.24, 2.45) is 0 Å². The topological polar surface area (TPSA) is 48.0 Å². The number of ether oxygens (including phenoxy) is 3. The van der Waals surface area contributed by atoms with Crippen molar-refractivity contribution in [2.45, 2.75) is 45.2 Å². The molecule has 5 rings (SSSR count). The van der Waals surface area contributed by atoms with Crippen molar-refractivity contribution in [2.75, 3.05) is 13.3 Å². The monoisotopic (exact) mass is 391 g/mol. The average Bonchev–Trinajstić information content (AvgIpc) is 3.39. The summed E-state index contributed by atoms with van der Waals surface area (Å²) >= 11 is 0. The van der Waals surface area contributed by atoms with E-state index in [-0.39, 0.29) is 5.78 Å². The number of carbonyl (C=O) groups is 1. The van der Waals surface area contributed by atoms with Crippen molar-refractivity contribution < 1.29 is 19.0 Å². The third-order valence-electron chi connectivity index (χ3n) is 5.99. The summed E-state index contributed by atoms with van der Waals surface area (Å²) < 4.78 is 17.8. The molecule has 5 heteroatoms. The van der Waals surface area contributed by atoms with E-state index >= 15 is 0 Å². The standard InChI is InChI=1S/C24H25NO4/c1-2-27-20-10-6-3-7-16(20)13-22-23(26)18-11-12-21-19(24(18)29-22)14-25(15-28-21)17-8-4-5-9-17/h3,6-7,10-13,17H,2,4-5,8-9,14-15H2,1H3/b22-13-. The summed E-state index contributed by atoms with van der Waals surface area (Å²) in [7, 11) is 0. The molecule has 5 nitrogen and oxygen atoms in total. The summed E-state index contributed by atoms with van der Waals surface area (Å²) in [5.74, 6) is 2.45. The zero-order valence-corrected chi connectivity index (χ0v) is 16.6. The van der Waals surface area contributed by atoms with Crippen LogP contribution in [0.4, 0.5) is 0 Å². The van der Waals surface area contributed by atoms with Gasteiger partial charge in [0.1, 0.15) is 24.0 Å². The maximum absolute atomic E-state index is 13.0. The van der Waals surface area contributed by atoms with Gasteiger partial charge in [0.05, 0.1) is 17.7 Å². The van der Waals surface area contributed by atoms with Gasteiger partial charge in [-0.2, -0.15) is 0 Å². The van der Waals surface area contributed by atoms with Gasteiger partial charge in [-0.3, -0.25) is 9.69 Å². The molecule has 0 amide bonds. The number of hydrogen-bond donors (Lipinski definition) is 0. The van der Waals surface area contributed by atoms with Crippen molar-refractivity contribution in [3.63, 3.8) is 0 Å². The fourth-order valence-electron chi connectivity index (χ4n) is 4.51. The zero-order valence-electron chi connectivity index (χ0n) is 16.6. The summed E-state index contributed by atoms with van der Waals surface area (Å²) in [6.45, 7) is 3.88. The lowest BCUT2D eigenvalue weighted by atomic mass is 10.0. The van der Waals surface area contributed by atoms with Crippen LogP contribution in [-0.4, -0.2) is 30.1 Å². The van der Waals surface area contributed by atoms with Gasteiger partial charge in [0.25, 0.3) is 0 Å². The van der Waals surface area contributed by atoms with E-state index in [4.69, 9.17) is 14.2 Å². The normalized spacial score (nSPS) is 20.3. The molecule has 150 valence electrons. The summed E-state index contributed by atoms with van der Waals surface area (Å²) in [6.07, 6.45) is 6.77. The fraction of sp³-hybridized carbons (Fsp3) is 0.375. The van der Waals surface area contributed by atoms with Crippen LogP contribution in [-0.2, 0) is 6.54 Å². The lowest BCUT2D eigenvalue weighted by Crippen LogP contribution is -2.39. The number of fused-ring (bicyclic) bond motifs is 3. The molecule has 29 heavy (non-hydrogen) atoms. The molecule has 1 saturated carbocycles. The predicted octanol–water partition coefficient (Wildman–Crippen LogP) is 4.80. The molecule has 0 bridgehead atoms. The van der Waals surface area contributed by atoms with Gasteiger partial charge in [0.15, 0.2) is 5.76 Å². The minimum Gasteiger partial charge on any atom is -0.493 e. The van der Waals surface area contributed by atoms with Crippen molar-refractivity contribution >= 4 is 11.9 Å². The van der Waals surface area contributed by atoms with Crippen LogP contribution in [0, 0.1) is 0 Å². The largest absolute Gasteiger partial charge is 0.493 e. The minimum atomic E-state index is -0.0907. The van der Waals surface area contributed by atoms with E-state index in [1.165, 1.54) is 25.7 Å². The summed E-state index contributed by atoms with van der Waals surface area (Å²) in [5, 5.41) is 0. The second-order valence-electron chi connectivity index (χ2n) is 7.79. The van der Waals surface area contributed by atoms with E-state index in [9.17, 15) is 4.79 Å². The number of allylic oxidation sites excluding steroid dienone is 1. The van der Waals surface area contributed by atoms with Crippen LogP contribution in [0.3, 0.4) is 0 Å². The lowest BCUT2D eigenvalue weighted by Gasteiger charge is -2.33.